The second kappa shape index (κ2) is 6.29. The van der Waals surface area contributed by atoms with Gasteiger partial charge in [0, 0.05) is 24.7 Å². The maximum atomic E-state index is 12.6. The van der Waals surface area contributed by atoms with Gasteiger partial charge in [-0.05, 0) is 43.7 Å². The molecule has 2 amide bonds. The number of nitrogens with zero attached hydrogens (tertiary/aromatic N) is 1. The van der Waals surface area contributed by atoms with E-state index >= 15 is 0 Å². The third kappa shape index (κ3) is 2.98. The van der Waals surface area contributed by atoms with Gasteiger partial charge in [-0.3, -0.25) is 9.59 Å². The van der Waals surface area contributed by atoms with Crippen molar-refractivity contribution in [1.82, 2.24) is 10.2 Å². The standard InChI is InChI=1S/C17H21ClN2O2/c18-14-7-3-2-6-13(14)12-19-15(21)17(8-9-17)16(22)20-10-4-1-5-11-20/h2-3,6-7H,1,4-5,8-12H2,(H,19,21). The number of rotatable bonds is 4. The lowest BCUT2D eigenvalue weighted by molar-refractivity contribution is -0.145. The highest BCUT2D eigenvalue weighted by Gasteiger charge is 2.57. The normalized spacial score (nSPS) is 19.6. The Hall–Kier alpha value is -1.55. The van der Waals surface area contributed by atoms with Crippen LogP contribution < -0.4 is 5.32 Å². The van der Waals surface area contributed by atoms with Gasteiger partial charge in [0.15, 0.2) is 0 Å². The van der Waals surface area contributed by atoms with Crippen LogP contribution in [0.5, 0.6) is 0 Å². The average Bonchev–Trinajstić information content (AvgIpc) is 3.36. The van der Waals surface area contributed by atoms with Gasteiger partial charge in [0.25, 0.3) is 0 Å². The number of piperidine rings is 1. The molecule has 1 N–H and O–H groups in total. The monoisotopic (exact) mass is 320 g/mol. The van der Waals surface area contributed by atoms with Gasteiger partial charge in [0.2, 0.25) is 11.8 Å². The van der Waals surface area contributed by atoms with Crippen molar-refractivity contribution in [2.75, 3.05) is 13.1 Å². The first kappa shape index (κ1) is 15.3. The van der Waals surface area contributed by atoms with Crippen LogP contribution in [-0.2, 0) is 16.1 Å². The molecule has 3 rings (SSSR count). The first-order valence-corrected chi connectivity index (χ1v) is 8.32. The van der Waals surface area contributed by atoms with Gasteiger partial charge in [-0.1, -0.05) is 29.8 Å². The van der Waals surface area contributed by atoms with E-state index in [1.165, 1.54) is 6.42 Å². The summed E-state index contributed by atoms with van der Waals surface area (Å²) in [6, 6.07) is 7.43. The summed E-state index contributed by atoms with van der Waals surface area (Å²) in [6.45, 7) is 1.95. The molecule has 2 aliphatic rings. The summed E-state index contributed by atoms with van der Waals surface area (Å²) in [7, 11) is 0. The van der Waals surface area contributed by atoms with E-state index in [2.05, 4.69) is 5.32 Å². The number of hydrogen-bond acceptors (Lipinski definition) is 2. The molecule has 4 nitrogen and oxygen atoms in total. The minimum Gasteiger partial charge on any atom is -0.351 e. The van der Waals surface area contributed by atoms with Gasteiger partial charge in [-0.25, -0.2) is 0 Å². The van der Waals surface area contributed by atoms with Crippen LogP contribution in [0.25, 0.3) is 0 Å². The second-order valence-electron chi connectivity index (χ2n) is 6.21. The highest BCUT2D eigenvalue weighted by Crippen LogP contribution is 2.48. The number of nitrogens with one attached hydrogen (secondary N) is 1. The van der Waals surface area contributed by atoms with Gasteiger partial charge in [-0.2, -0.15) is 0 Å². The van der Waals surface area contributed by atoms with E-state index < -0.39 is 5.41 Å². The fraction of sp³-hybridized carbons (Fsp3) is 0.529. The summed E-state index contributed by atoms with van der Waals surface area (Å²) in [6.07, 6.45) is 4.59. The van der Waals surface area contributed by atoms with Crippen LogP contribution >= 0.6 is 11.6 Å². The van der Waals surface area contributed by atoms with Crippen molar-refractivity contribution in [2.45, 2.75) is 38.6 Å². The number of hydrogen-bond donors (Lipinski definition) is 1. The van der Waals surface area contributed by atoms with Crippen molar-refractivity contribution in [3.05, 3.63) is 34.9 Å². The highest BCUT2D eigenvalue weighted by atomic mass is 35.5. The van der Waals surface area contributed by atoms with E-state index in [1.54, 1.807) is 6.07 Å². The van der Waals surface area contributed by atoms with E-state index in [0.717, 1.165) is 31.5 Å². The zero-order valence-corrected chi connectivity index (χ0v) is 13.4. The molecule has 1 aliphatic heterocycles. The molecule has 1 saturated carbocycles. The Kier molecular flexibility index (Phi) is 4.39. The van der Waals surface area contributed by atoms with Crippen LogP contribution in [0, 0.1) is 5.41 Å². The Labute approximate surface area is 135 Å². The lowest BCUT2D eigenvalue weighted by Crippen LogP contribution is -2.46. The van der Waals surface area contributed by atoms with Crippen molar-refractivity contribution in [3.8, 4) is 0 Å². The first-order valence-electron chi connectivity index (χ1n) is 7.94. The van der Waals surface area contributed by atoms with Crippen molar-refractivity contribution in [1.29, 1.82) is 0 Å². The van der Waals surface area contributed by atoms with Crippen LogP contribution in [0.15, 0.2) is 24.3 Å². The SMILES string of the molecule is O=C(NCc1ccccc1Cl)C1(C(=O)N2CCCCC2)CC1. The van der Waals surface area contributed by atoms with E-state index in [4.69, 9.17) is 11.6 Å². The molecule has 2 fully saturated rings. The number of benzene rings is 1. The van der Waals surface area contributed by atoms with Crippen LogP contribution in [0.4, 0.5) is 0 Å². The summed E-state index contributed by atoms with van der Waals surface area (Å²) in [5.74, 6) is -0.133. The van der Waals surface area contributed by atoms with Gasteiger partial charge in [0.1, 0.15) is 5.41 Å². The van der Waals surface area contributed by atoms with E-state index in [-0.39, 0.29) is 11.8 Å². The Balaban J connectivity index is 1.61. The number of amides is 2. The molecule has 0 atom stereocenters. The largest absolute Gasteiger partial charge is 0.351 e. The van der Waals surface area contributed by atoms with Crippen LogP contribution in [0.2, 0.25) is 5.02 Å². The Morgan fingerprint density at radius 2 is 1.82 bits per heavy atom. The molecule has 0 spiro atoms. The molecular formula is C17H21ClN2O2. The van der Waals surface area contributed by atoms with Crippen LogP contribution in [-0.4, -0.2) is 29.8 Å². The van der Waals surface area contributed by atoms with Crippen LogP contribution in [0.3, 0.4) is 0 Å². The Bertz CT molecular complexity index is 578. The lowest BCUT2D eigenvalue weighted by atomic mass is 10.0. The minimum atomic E-state index is -0.807. The summed E-state index contributed by atoms with van der Waals surface area (Å²) in [5.41, 5.74) is 0.0669. The quantitative estimate of drug-likeness (QED) is 0.867. The number of carbonyl (C=O) groups is 2. The molecule has 118 valence electrons. The molecule has 1 aliphatic carbocycles. The van der Waals surface area contributed by atoms with Crippen molar-refractivity contribution < 1.29 is 9.59 Å². The Morgan fingerprint density at radius 3 is 2.45 bits per heavy atom. The molecule has 0 bridgehead atoms. The predicted molar refractivity (Wildman–Crippen MR) is 85.4 cm³/mol. The van der Waals surface area contributed by atoms with E-state index in [9.17, 15) is 9.59 Å². The van der Waals surface area contributed by atoms with Crippen molar-refractivity contribution >= 4 is 23.4 Å². The summed E-state index contributed by atoms with van der Waals surface area (Å²) >= 11 is 6.10. The third-order valence-electron chi connectivity index (χ3n) is 4.63. The Morgan fingerprint density at radius 1 is 1.14 bits per heavy atom. The minimum absolute atomic E-state index is 0.0175. The van der Waals surface area contributed by atoms with E-state index in [1.807, 2.05) is 23.1 Å². The third-order valence-corrected chi connectivity index (χ3v) is 5.00. The molecule has 0 radical (unpaired) electrons. The number of halogens is 1. The van der Waals surface area contributed by atoms with Crippen molar-refractivity contribution in [2.24, 2.45) is 5.41 Å². The summed E-state index contributed by atoms with van der Waals surface area (Å²) in [5, 5.41) is 3.53. The summed E-state index contributed by atoms with van der Waals surface area (Å²) in [4.78, 5) is 27.0. The predicted octanol–water partition coefficient (Wildman–Crippen LogP) is 2.75. The first-order chi connectivity index (χ1) is 10.6. The fourth-order valence-corrected chi connectivity index (χ4v) is 3.25. The molecule has 1 saturated heterocycles. The molecule has 22 heavy (non-hydrogen) atoms. The van der Waals surface area contributed by atoms with Gasteiger partial charge >= 0.3 is 0 Å². The highest BCUT2D eigenvalue weighted by molar-refractivity contribution is 6.31. The number of likely N-dealkylation sites (tertiary alicyclic amines) is 1. The van der Waals surface area contributed by atoms with Gasteiger partial charge in [-0.15, -0.1) is 0 Å². The average molecular weight is 321 g/mol. The van der Waals surface area contributed by atoms with Crippen LogP contribution in [0.1, 0.15) is 37.7 Å². The molecular weight excluding hydrogens is 300 g/mol. The molecule has 1 aromatic carbocycles. The molecule has 1 aromatic rings. The lowest BCUT2D eigenvalue weighted by Gasteiger charge is -2.30. The molecule has 5 heteroatoms. The number of carbonyl (C=O) groups excluding carboxylic acids is 2. The van der Waals surface area contributed by atoms with Crippen molar-refractivity contribution in [3.63, 3.8) is 0 Å². The molecule has 0 unspecified atom stereocenters. The fourth-order valence-electron chi connectivity index (χ4n) is 3.05. The van der Waals surface area contributed by atoms with Gasteiger partial charge < -0.3 is 10.2 Å². The van der Waals surface area contributed by atoms with Gasteiger partial charge in [0.05, 0.1) is 0 Å². The summed E-state index contributed by atoms with van der Waals surface area (Å²) < 4.78 is 0. The maximum Gasteiger partial charge on any atom is 0.238 e. The smallest absolute Gasteiger partial charge is 0.238 e. The maximum absolute atomic E-state index is 12.6. The zero-order valence-electron chi connectivity index (χ0n) is 12.6. The van der Waals surface area contributed by atoms with E-state index in [0.29, 0.717) is 24.4 Å². The molecule has 0 aromatic heterocycles. The molecule has 1 heterocycles. The zero-order chi connectivity index (χ0) is 15.6. The second-order valence-corrected chi connectivity index (χ2v) is 6.62. The topological polar surface area (TPSA) is 49.4 Å².